The first-order valence-electron chi connectivity index (χ1n) is 9.18. The van der Waals surface area contributed by atoms with Crippen LogP contribution in [0, 0.1) is 0 Å². The third-order valence-corrected chi connectivity index (χ3v) is 4.78. The van der Waals surface area contributed by atoms with Gasteiger partial charge in [0.25, 0.3) is 5.56 Å². The normalized spacial score (nSPS) is 17.4. The van der Waals surface area contributed by atoms with Gasteiger partial charge in [0, 0.05) is 24.3 Å². The summed E-state index contributed by atoms with van der Waals surface area (Å²) >= 11 is 0. The Morgan fingerprint density at radius 3 is 2.93 bits per heavy atom. The SMILES string of the molecule is C=C(/C=C\C=C/N)c1ccc(O)c(-c2cn(C3CCCNC3)c(=O)c(N)n2)c1. The first kappa shape index (κ1) is 19.4. The van der Waals surface area contributed by atoms with Crippen molar-refractivity contribution in [1.29, 1.82) is 0 Å². The first-order valence-corrected chi connectivity index (χ1v) is 9.18. The molecule has 0 aliphatic carbocycles. The molecule has 28 heavy (non-hydrogen) atoms. The number of aromatic hydroxyl groups is 1. The standard InChI is InChI=1S/C21H25N5O2/c1-14(5-2-3-9-22)15-7-8-19(27)17(11-15)18-13-26(21(28)20(23)25-18)16-6-4-10-24-12-16/h2-3,5,7-9,11,13,16,24,27H,1,4,6,10,12,22H2,(H2,23,25)/b5-2-,9-3-. The van der Waals surface area contributed by atoms with Gasteiger partial charge in [0.15, 0.2) is 5.82 Å². The lowest BCUT2D eigenvalue weighted by molar-refractivity contribution is 0.364. The Morgan fingerprint density at radius 2 is 2.21 bits per heavy atom. The molecule has 1 fully saturated rings. The Bertz CT molecular complexity index is 985. The van der Waals surface area contributed by atoms with Crippen molar-refractivity contribution < 1.29 is 5.11 Å². The number of phenols is 1. The number of allylic oxidation sites excluding steroid dienone is 4. The number of benzene rings is 1. The quantitative estimate of drug-likeness (QED) is 0.591. The predicted octanol–water partition coefficient (Wildman–Crippen LogP) is 2.16. The maximum atomic E-state index is 12.5. The molecule has 1 aliphatic heterocycles. The van der Waals surface area contributed by atoms with E-state index in [0.717, 1.165) is 30.5 Å². The van der Waals surface area contributed by atoms with Gasteiger partial charge in [-0.25, -0.2) is 4.98 Å². The number of hydrogen-bond donors (Lipinski definition) is 4. The second-order valence-corrected chi connectivity index (χ2v) is 6.73. The summed E-state index contributed by atoms with van der Waals surface area (Å²) in [4.78, 5) is 16.7. The molecule has 0 amide bonds. The topological polar surface area (TPSA) is 119 Å². The van der Waals surface area contributed by atoms with E-state index in [-0.39, 0.29) is 23.2 Å². The van der Waals surface area contributed by atoms with E-state index in [4.69, 9.17) is 11.5 Å². The van der Waals surface area contributed by atoms with Crippen LogP contribution in [0.3, 0.4) is 0 Å². The molecule has 1 unspecified atom stereocenters. The van der Waals surface area contributed by atoms with Crippen LogP contribution in [0.2, 0.25) is 0 Å². The van der Waals surface area contributed by atoms with E-state index in [1.54, 1.807) is 41.1 Å². The summed E-state index contributed by atoms with van der Waals surface area (Å²) in [6.45, 7) is 5.67. The number of phenolic OH excluding ortho intramolecular Hbond substituents is 1. The van der Waals surface area contributed by atoms with Crippen LogP contribution in [0.4, 0.5) is 5.82 Å². The van der Waals surface area contributed by atoms with Crippen LogP contribution in [-0.2, 0) is 0 Å². The molecule has 0 spiro atoms. The van der Waals surface area contributed by atoms with Crippen LogP contribution in [0.1, 0.15) is 24.4 Å². The Labute approximate surface area is 163 Å². The highest BCUT2D eigenvalue weighted by Gasteiger charge is 2.19. The molecule has 3 rings (SSSR count). The van der Waals surface area contributed by atoms with Crippen LogP contribution >= 0.6 is 0 Å². The van der Waals surface area contributed by atoms with Crippen molar-refractivity contribution in [1.82, 2.24) is 14.9 Å². The number of nitrogens with two attached hydrogens (primary N) is 2. The van der Waals surface area contributed by atoms with Crippen molar-refractivity contribution in [2.24, 2.45) is 5.73 Å². The molecule has 1 saturated heterocycles. The van der Waals surface area contributed by atoms with Crippen LogP contribution in [0.15, 0.2) is 60.2 Å². The second kappa shape index (κ2) is 8.58. The highest BCUT2D eigenvalue weighted by molar-refractivity contribution is 5.78. The molecular weight excluding hydrogens is 354 g/mol. The van der Waals surface area contributed by atoms with E-state index < -0.39 is 0 Å². The minimum absolute atomic E-state index is 0.0107. The first-order chi connectivity index (χ1) is 13.5. The van der Waals surface area contributed by atoms with Crippen LogP contribution < -0.4 is 22.3 Å². The number of rotatable bonds is 5. The average molecular weight is 379 g/mol. The number of nitrogens with zero attached hydrogens (tertiary/aromatic N) is 2. The third kappa shape index (κ3) is 4.15. The molecule has 7 heteroatoms. The molecule has 146 valence electrons. The van der Waals surface area contributed by atoms with Gasteiger partial charge in [0.1, 0.15) is 5.75 Å². The summed E-state index contributed by atoms with van der Waals surface area (Å²) in [6.07, 6.45) is 10.3. The molecule has 0 bridgehead atoms. The van der Waals surface area contributed by atoms with Crippen molar-refractivity contribution in [2.75, 3.05) is 18.8 Å². The summed E-state index contributed by atoms with van der Waals surface area (Å²) in [5.74, 6) is -0.0269. The lowest BCUT2D eigenvalue weighted by Gasteiger charge is -2.25. The van der Waals surface area contributed by atoms with E-state index in [1.807, 2.05) is 6.08 Å². The van der Waals surface area contributed by atoms with Crippen molar-refractivity contribution in [3.63, 3.8) is 0 Å². The zero-order valence-corrected chi connectivity index (χ0v) is 15.6. The number of hydrogen-bond acceptors (Lipinski definition) is 6. The van der Waals surface area contributed by atoms with E-state index in [9.17, 15) is 9.90 Å². The summed E-state index contributed by atoms with van der Waals surface area (Å²) in [6, 6.07) is 5.14. The summed E-state index contributed by atoms with van der Waals surface area (Å²) < 4.78 is 1.62. The zero-order chi connectivity index (χ0) is 20.1. The number of nitrogen functional groups attached to an aromatic ring is 1. The van der Waals surface area contributed by atoms with E-state index in [2.05, 4.69) is 16.9 Å². The Hall–Kier alpha value is -3.32. The van der Waals surface area contributed by atoms with E-state index in [1.165, 1.54) is 6.20 Å². The third-order valence-electron chi connectivity index (χ3n) is 4.78. The lowest BCUT2D eigenvalue weighted by atomic mass is 10.0. The van der Waals surface area contributed by atoms with Gasteiger partial charge in [0.05, 0.1) is 5.69 Å². The Balaban J connectivity index is 2.03. The average Bonchev–Trinajstić information content (AvgIpc) is 2.71. The molecule has 0 radical (unpaired) electrons. The molecule has 0 saturated carbocycles. The molecule has 1 atom stereocenters. The molecule has 1 aromatic carbocycles. The fraction of sp³-hybridized carbons (Fsp3) is 0.238. The fourth-order valence-electron chi connectivity index (χ4n) is 3.27. The largest absolute Gasteiger partial charge is 0.507 e. The van der Waals surface area contributed by atoms with Crippen LogP contribution in [-0.4, -0.2) is 27.7 Å². The van der Waals surface area contributed by atoms with Crippen molar-refractivity contribution >= 4 is 11.4 Å². The highest BCUT2D eigenvalue weighted by atomic mass is 16.3. The highest BCUT2D eigenvalue weighted by Crippen LogP contribution is 2.31. The van der Waals surface area contributed by atoms with Gasteiger partial charge in [-0.1, -0.05) is 24.8 Å². The molecular formula is C21H25N5O2. The van der Waals surface area contributed by atoms with Crippen molar-refractivity contribution in [3.8, 4) is 17.0 Å². The number of nitrogens with one attached hydrogen (secondary N) is 1. The zero-order valence-electron chi connectivity index (χ0n) is 15.6. The van der Waals surface area contributed by atoms with Gasteiger partial charge >= 0.3 is 0 Å². The number of piperidine rings is 1. The number of anilines is 1. The Kier molecular flexibility index (Phi) is 5.96. The lowest BCUT2D eigenvalue weighted by Crippen LogP contribution is -2.37. The van der Waals surface area contributed by atoms with Gasteiger partial charge in [-0.15, -0.1) is 0 Å². The van der Waals surface area contributed by atoms with Crippen LogP contribution in [0.5, 0.6) is 5.75 Å². The van der Waals surface area contributed by atoms with E-state index >= 15 is 0 Å². The molecule has 1 aromatic heterocycles. The van der Waals surface area contributed by atoms with Gasteiger partial charge in [-0.2, -0.15) is 0 Å². The minimum Gasteiger partial charge on any atom is -0.507 e. The summed E-state index contributed by atoms with van der Waals surface area (Å²) in [5, 5.41) is 13.7. The Morgan fingerprint density at radius 1 is 1.39 bits per heavy atom. The minimum atomic E-state index is -0.311. The molecule has 2 aromatic rings. The molecule has 1 aliphatic rings. The second-order valence-electron chi connectivity index (χ2n) is 6.73. The smallest absolute Gasteiger partial charge is 0.293 e. The van der Waals surface area contributed by atoms with Crippen molar-refractivity contribution in [3.05, 3.63) is 71.3 Å². The van der Waals surface area contributed by atoms with Crippen molar-refractivity contribution in [2.45, 2.75) is 18.9 Å². The molecule has 7 nitrogen and oxygen atoms in total. The monoisotopic (exact) mass is 379 g/mol. The maximum absolute atomic E-state index is 12.5. The van der Waals surface area contributed by atoms with Gasteiger partial charge < -0.3 is 26.5 Å². The molecule has 6 N–H and O–H groups in total. The van der Waals surface area contributed by atoms with E-state index in [0.29, 0.717) is 17.8 Å². The van der Waals surface area contributed by atoms with Gasteiger partial charge in [-0.3, -0.25) is 4.79 Å². The number of aromatic nitrogens is 2. The maximum Gasteiger partial charge on any atom is 0.293 e. The predicted molar refractivity (Wildman–Crippen MR) is 113 cm³/mol. The molecule has 2 heterocycles. The summed E-state index contributed by atoms with van der Waals surface area (Å²) in [7, 11) is 0. The fourth-order valence-corrected chi connectivity index (χ4v) is 3.27. The van der Waals surface area contributed by atoms with Gasteiger partial charge in [-0.05, 0) is 54.9 Å². The summed E-state index contributed by atoms with van der Waals surface area (Å²) in [5.41, 5.74) is 13.4. The van der Waals surface area contributed by atoms with Crippen LogP contribution in [0.25, 0.3) is 16.8 Å². The van der Waals surface area contributed by atoms with Gasteiger partial charge in [0.2, 0.25) is 0 Å².